The van der Waals surface area contributed by atoms with Gasteiger partial charge in [0.25, 0.3) is 0 Å². The molecule has 1 spiro atoms. The summed E-state index contributed by atoms with van der Waals surface area (Å²) >= 11 is 0. The van der Waals surface area contributed by atoms with Gasteiger partial charge in [-0.1, -0.05) is 5.92 Å². The van der Waals surface area contributed by atoms with E-state index < -0.39 is 27.4 Å². The standard InChI is InChI=1S/C23H28N2O5S/c1-5-6-18-11-15(2)21(16(3)12-18)22-19(27)13-23(14-20(22)28)7-9-25(10-8-23)31(29,30)24-17(4)26/h11-12,22H,7-10,13-14H2,1-4H3,(H,24,26). The molecule has 1 saturated heterocycles. The Bertz CT molecular complexity index is 1060. The number of nitrogens with zero attached hydrogens (tertiary/aromatic N) is 1. The van der Waals surface area contributed by atoms with Crippen LogP contribution in [0.5, 0.6) is 0 Å². The van der Waals surface area contributed by atoms with Crippen LogP contribution in [-0.4, -0.2) is 43.3 Å². The van der Waals surface area contributed by atoms with Crippen LogP contribution in [0.25, 0.3) is 0 Å². The molecular formula is C23H28N2O5S. The largest absolute Gasteiger partial charge is 0.303 e. The number of rotatable bonds is 3. The molecule has 1 aromatic carbocycles. The van der Waals surface area contributed by atoms with Gasteiger partial charge in [-0.3, -0.25) is 14.4 Å². The highest BCUT2D eigenvalue weighted by atomic mass is 32.2. The lowest BCUT2D eigenvalue weighted by molar-refractivity contribution is -0.138. The van der Waals surface area contributed by atoms with Gasteiger partial charge in [-0.05, 0) is 67.9 Å². The minimum atomic E-state index is -3.89. The van der Waals surface area contributed by atoms with E-state index in [9.17, 15) is 22.8 Å². The molecule has 0 atom stereocenters. The third-order valence-corrected chi connectivity index (χ3v) is 7.88. The van der Waals surface area contributed by atoms with Crippen LogP contribution in [0, 0.1) is 31.1 Å². The zero-order valence-corrected chi connectivity index (χ0v) is 19.2. The van der Waals surface area contributed by atoms with Gasteiger partial charge in [-0.2, -0.15) is 12.7 Å². The quantitative estimate of drug-likeness (QED) is 0.569. The molecule has 2 aliphatic rings. The van der Waals surface area contributed by atoms with Crippen molar-refractivity contribution >= 4 is 27.7 Å². The van der Waals surface area contributed by atoms with Crippen LogP contribution < -0.4 is 4.72 Å². The van der Waals surface area contributed by atoms with Gasteiger partial charge in [0.05, 0.1) is 0 Å². The van der Waals surface area contributed by atoms with Crippen molar-refractivity contribution in [1.29, 1.82) is 0 Å². The molecule has 1 N–H and O–H groups in total. The van der Waals surface area contributed by atoms with Gasteiger partial charge >= 0.3 is 10.2 Å². The summed E-state index contributed by atoms with van der Waals surface area (Å²) in [4.78, 5) is 37.5. The highest BCUT2D eigenvalue weighted by molar-refractivity contribution is 7.87. The minimum absolute atomic E-state index is 0.102. The summed E-state index contributed by atoms with van der Waals surface area (Å²) < 4.78 is 27.6. The molecule has 0 bridgehead atoms. The molecular weight excluding hydrogens is 416 g/mol. The molecule has 1 aliphatic carbocycles. The summed E-state index contributed by atoms with van der Waals surface area (Å²) in [5.41, 5.74) is 2.90. The highest BCUT2D eigenvalue weighted by Crippen LogP contribution is 2.46. The molecule has 0 aromatic heterocycles. The molecule has 7 nitrogen and oxygen atoms in total. The van der Waals surface area contributed by atoms with Gasteiger partial charge in [0, 0.05) is 38.4 Å². The van der Waals surface area contributed by atoms with E-state index in [1.165, 1.54) is 4.31 Å². The summed E-state index contributed by atoms with van der Waals surface area (Å²) in [6.45, 7) is 7.07. The van der Waals surface area contributed by atoms with E-state index in [1.807, 2.05) is 30.7 Å². The van der Waals surface area contributed by atoms with E-state index in [2.05, 4.69) is 11.8 Å². The van der Waals surface area contributed by atoms with Gasteiger partial charge in [0.1, 0.15) is 17.5 Å². The Kier molecular flexibility index (Phi) is 6.40. The predicted molar refractivity (Wildman–Crippen MR) is 116 cm³/mol. The Balaban J connectivity index is 1.79. The maximum absolute atomic E-state index is 13.2. The first-order valence-electron chi connectivity index (χ1n) is 10.4. The lowest BCUT2D eigenvalue weighted by Gasteiger charge is -2.44. The fraction of sp³-hybridized carbons (Fsp3) is 0.522. The molecule has 1 aromatic rings. The van der Waals surface area contributed by atoms with E-state index in [-0.39, 0.29) is 37.5 Å². The van der Waals surface area contributed by atoms with Gasteiger partial charge < -0.3 is 0 Å². The molecule has 1 heterocycles. The van der Waals surface area contributed by atoms with Gasteiger partial charge in [-0.25, -0.2) is 4.72 Å². The van der Waals surface area contributed by atoms with Crippen molar-refractivity contribution in [1.82, 2.24) is 9.03 Å². The van der Waals surface area contributed by atoms with Gasteiger partial charge in [0.15, 0.2) is 0 Å². The van der Waals surface area contributed by atoms with Crippen molar-refractivity contribution in [2.45, 2.75) is 59.3 Å². The third-order valence-electron chi connectivity index (χ3n) is 6.29. The van der Waals surface area contributed by atoms with Gasteiger partial charge in [-0.15, -0.1) is 5.92 Å². The second kappa shape index (κ2) is 8.56. The molecule has 0 radical (unpaired) electrons. The number of aryl methyl sites for hydroxylation is 2. The number of nitrogens with one attached hydrogen (secondary N) is 1. The third kappa shape index (κ3) is 4.73. The van der Waals surface area contributed by atoms with Crippen LogP contribution in [-0.2, 0) is 24.6 Å². The molecule has 3 rings (SSSR count). The SMILES string of the molecule is CC#Cc1cc(C)c(C2C(=O)CC3(CCN(S(=O)(=O)NC(C)=O)CC3)CC2=O)c(C)c1. The molecule has 1 saturated carbocycles. The van der Waals surface area contributed by atoms with Crippen molar-refractivity contribution in [3.05, 3.63) is 34.4 Å². The fourth-order valence-electron chi connectivity index (χ4n) is 4.95. The van der Waals surface area contributed by atoms with Crippen molar-refractivity contribution in [3.8, 4) is 11.8 Å². The highest BCUT2D eigenvalue weighted by Gasteiger charge is 2.48. The number of hydrogen-bond acceptors (Lipinski definition) is 5. The average Bonchev–Trinajstić information content (AvgIpc) is 2.63. The van der Waals surface area contributed by atoms with Crippen LogP contribution in [0.15, 0.2) is 12.1 Å². The van der Waals surface area contributed by atoms with Crippen molar-refractivity contribution in [2.75, 3.05) is 13.1 Å². The number of ketones is 2. The van der Waals surface area contributed by atoms with E-state index in [1.54, 1.807) is 6.92 Å². The summed E-state index contributed by atoms with van der Waals surface area (Å²) in [5, 5.41) is 0. The number of carbonyl (C=O) groups excluding carboxylic acids is 3. The average molecular weight is 445 g/mol. The summed E-state index contributed by atoms with van der Waals surface area (Å²) in [6.07, 6.45) is 1.34. The van der Waals surface area contributed by atoms with Crippen LogP contribution in [0.3, 0.4) is 0 Å². The maximum Gasteiger partial charge on any atom is 0.303 e. The summed E-state index contributed by atoms with van der Waals surface area (Å²) in [7, 11) is -3.89. The van der Waals surface area contributed by atoms with Crippen molar-refractivity contribution < 1.29 is 22.8 Å². The summed E-state index contributed by atoms with van der Waals surface area (Å²) in [5.74, 6) is 4.26. The molecule has 166 valence electrons. The number of piperidine rings is 1. The van der Waals surface area contributed by atoms with Crippen LogP contribution in [0.1, 0.15) is 67.7 Å². The van der Waals surface area contributed by atoms with E-state index >= 15 is 0 Å². The summed E-state index contributed by atoms with van der Waals surface area (Å²) in [6, 6.07) is 3.82. The molecule has 8 heteroatoms. The van der Waals surface area contributed by atoms with Crippen molar-refractivity contribution in [2.24, 2.45) is 5.41 Å². The maximum atomic E-state index is 13.2. The number of carbonyl (C=O) groups is 3. The lowest BCUT2D eigenvalue weighted by atomic mass is 9.63. The van der Waals surface area contributed by atoms with Crippen LogP contribution in [0.4, 0.5) is 0 Å². The normalized spacial score (nSPS) is 19.7. The van der Waals surface area contributed by atoms with Gasteiger partial charge in [0.2, 0.25) is 5.91 Å². The second-order valence-corrected chi connectivity index (χ2v) is 10.4. The Labute approximate surface area is 183 Å². The fourth-order valence-corrected chi connectivity index (χ4v) is 6.11. The predicted octanol–water partition coefficient (Wildman–Crippen LogP) is 2.15. The minimum Gasteiger partial charge on any atom is -0.299 e. The topological polar surface area (TPSA) is 101 Å². The Morgan fingerprint density at radius 3 is 2.06 bits per heavy atom. The number of Topliss-reactive ketones (excluding diaryl/α,β-unsaturated/α-hetero) is 2. The first kappa shape index (κ1) is 23.2. The van der Waals surface area contributed by atoms with Crippen LogP contribution >= 0.6 is 0 Å². The van der Waals surface area contributed by atoms with Crippen molar-refractivity contribution in [3.63, 3.8) is 0 Å². The molecule has 31 heavy (non-hydrogen) atoms. The molecule has 0 unspecified atom stereocenters. The first-order chi connectivity index (χ1) is 14.5. The molecule has 1 amide bonds. The number of benzene rings is 1. The molecule has 2 fully saturated rings. The smallest absolute Gasteiger partial charge is 0.299 e. The molecule has 1 aliphatic heterocycles. The first-order valence-corrected chi connectivity index (χ1v) is 11.8. The van der Waals surface area contributed by atoms with E-state index in [4.69, 9.17) is 0 Å². The Hall–Kier alpha value is -2.50. The number of amides is 1. The monoisotopic (exact) mass is 444 g/mol. The zero-order valence-electron chi connectivity index (χ0n) is 18.4. The van der Waals surface area contributed by atoms with E-state index in [0.717, 1.165) is 29.2 Å². The Morgan fingerprint density at radius 1 is 1.10 bits per heavy atom. The van der Waals surface area contributed by atoms with E-state index in [0.29, 0.717) is 12.8 Å². The van der Waals surface area contributed by atoms with Crippen LogP contribution in [0.2, 0.25) is 0 Å². The second-order valence-electron chi connectivity index (χ2n) is 8.68. The number of hydrogen-bond donors (Lipinski definition) is 1. The zero-order chi connectivity index (χ0) is 23.0. The lowest BCUT2D eigenvalue weighted by Crippen LogP contribution is -2.51. The Morgan fingerprint density at radius 2 is 1.61 bits per heavy atom.